The summed E-state index contributed by atoms with van der Waals surface area (Å²) in [5, 5.41) is 1.28. The Morgan fingerprint density at radius 1 is 0.862 bits per heavy atom. The van der Waals surface area contributed by atoms with E-state index in [9.17, 15) is 4.79 Å². The average Bonchev–Trinajstić information content (AvgIpc) is 3.20. The summed E-state index contributed by atoms with van der Waals surface area (Å²) < 4.78 is 5.25. The highest BCUT2D eigenvalue weighted by molar-refractivity contribution is 6.31. The topological polar surface area (TPSA) is 32.8 Å². The van der Waals surface area contributed by atoms with Crippen LogP contribution < -0.4 is 14.5 Å². The van der Waals surface area contributed by atoms with Crippen molar-refractivity contribution >= 4 is 40.4 Å². The maximum atomic E-state index is 13.3. The Balaban J connectivity index is 1.66. The van der Waals surface area contributed by atoms with E-state index in [0.29, 0.717) is 28.8 Å². The van der Waals surface area contributed by atoms with Gasteiger partial charge in [-0.1, -0.05) is 23.2 Å². The standard InChI is InChI=1S/C23H20Cl2N2O2/c1-29-21-12-10-19(11-13-21)26-14-22(23(28)16-2-4-17(24)5-3-16)27(15-26)20-8-6-18(25)7-9-20/h2-13,22H,14-15H2,1H3. The number of ketones is 1. The molecule has 3 aromatic rings. The van der Waals surface area contributed by atoms with E-state index in [1.165, 1.54) is 0 Å². The lowest BCUT2D eigenvalue weighted by molar-refractivity contribution is 0.0968. The lowest BCUT2D eigenvalue weighted by atomic mass is 10.0. The molecule has 0 amide bonds. The van der Waals surface area contributed by atoms with Crippen LogP contribution in [0, 0.1) is 0 Å². The normalized spacial score (nSPS) is 16.2. The van der Waals surface area contributed by atoms with Crippen molar-refractivity contribution < 1.29 is 9.53 Å². The molecule has 148 valence electrons. The third-order valence-electron chi connectivity index (χ3n) is 5.12. The van der Waals surface area contributed by atoms with E-state index >= 15 is 0 Å². The average molecular weight is 427 g/mol. The molecule has 4 rings (SSSR count). The maximum absolute atomic E-state index is 13.3. The Labute approximate surface area is 180 Å². The van der Waals surface area contributed by atoms with Crippen molar-refractivity contribution in [1.82, 2.24) is 0 Å². The number of carbonyl (C=O) groups is 1. The number of ether oxygens (including phenoxy) is 1. The molecule has 0 N–H and O–H groups in total. The van der Waals surface area contributed by atoms with Crippen LogP contribution in [0.5, 0.6) is 5.75 Å². The molecule has 29 heavy (non-hydrogen) atoms. The third kappa shape index (κ3) is 4.19. The molecule has 1 fully saturated rings. The highest BCUT2D eigenvalue weighted by Crippen LogP contribution is 2.30. The SMILES string of the molecule is COc1ccc(N2CC(C(=O)c3ccc(Cl)cc3)N(c3ccc(Cl)cc3)C2)cc1. The molecule has 0 radical (unpaired) electrons. The third-order valence-corrected chi connectivity index (χ3v) is 5.62. The van der Waals surface area contributed by atoms with Gasteiger partial charge in [0, 0.05) is 33.5 Å². The number of benzene rings is 3. The zero-order chi connectivity index (χ0) is 20.4. The predicted octanol–water partition coefficient (Wildman–Crippen LogP) is 5.54. The van der Waals surface area contributed by atoms with Crippen LogP contribution in [0.4, 0.5) is 11.4 Å². The summed E-state index contributed by atoms with van der Waals surface area (Å²) in [4.78, 5) is 17.6. The van der Waals surface area contributed by atoms with Gasteiger partial charge in [-0.2, -0.15) is 0 Å². The molecule has 4 nitrogen and oxygen atoms in total. The van der Waals surface area contributed by atoms with E-state index in [-0.39, 0.29) is 11.8 Å². The zero-order valence-electron chi connectivity index (χ0n) is 15.9. The smallest absolute Gasteiger partial charge is 0.187 e. The molecule has 6 heteroatoms. The maximum Gasteiger partial charge on any atom is 0.187 e. The molecular weight excluding hydrogens is 407 g/mol. The van der Waals surface area contributed by atoms with Crippen LogP contribution in [0.25, 0.3) is 0 Å². The zero-order valence-corrected chi connectivity index (χ0v) is 17.4. The Morgan fingerprint density at radius 2 is 1.41 bits per heavy atom. The van der Waals surface area contributed by atoms with Gasteiger partial charge in [-0.3, -0.25) is 4.79 Å². The van der Waals surface area contributed by atoms with Gasteiger partial charge in [0.25, 0.3) is 0 Å². The highest BCUT2D eigenvalue weighted by atomic mass is 35.5. The van der Waals surface area contributed by atoms with E-state index in [4.69, 9.17) is 27.9 Å². The summed E-state index contributed by atoms with van der Waals surface area (Å²) in [6, 6.07) is 22.2. The first kappa shape index (κ1) is 19.6. The molecule has 3 aromatic carbocycles. The minimum atomic E-state index is -0.320. The monoisotopic (exact) mass is 426 g/mol. The minimum Gasteiger partial charge on any atom is -0.497 e. The van der Waals surface area contributed by atoms with Crippen LogP contribution in [-0.4, -0.2) is 32.1 Å². The van der Waals surface area contributed by atoms with Crippen LogP contribution >= 0.6 is 23.2 Å². The van der Waals surface area contributed by atoms with E-state index in [0.717, 1.165) is 17.1 Å². The molecule has 1 heterocycles. The Morgan fingerprint density at radius 3 is 2.00 bits per heavy atom. The van der Waals surface area contributed by atoms with Gasteiger partial charge in [-0.15, -0.1) is 0 Å². The van der Waals surface area contributed by atoms with Gasteiger partial charge in [0.05, 0.1) is 13.8 Å². The first-order valence-electron chi connectivity index (χ1n) is 9.26. The molecule has 0 spiro atoms. The van der Waals surface area contributed by atoms with Crippen molar-refractivity contribution in [2.24, 2.45) is 0 Å². The number of anilines is 2. The summed E-state index contributed by atoms with van der Waals surface area (Å²) in [5.41, 5.74) is 2.64. The summed E-state index contributed by atoms with van der Waals surface area (Å²) in [6.07, 6.45) is 0. The second kappa shape index (κ2) is 8.36. The van der Waals surface area contributed by atoms with Gasteiger partial charge < -0.3 is 14.5 Å². The molecule has 1 unspecified atom stereocenters. The fraction of sp³-hybridized carbons (Fsp3) is 0.174. The van der Waals surface area contributed by atoms with Crippen molar-refractivity contribution in [2.45, 2.75) is 6.04 Å². The number of halogens is 2. The van der Waals surface area contributed by atoms with Crippen molar-refractivity contribution in [3.05, 3.63) is 88.4 Å². The van der Waals surface area contributed by atoms with Crippen LogP contribution in [0.1, 0.15) is 10.4 Å². The Hall–Kier alpha value is -2.69. The fourth-order valence-corrected chi connectivity index (χ4v) is 3.80. The number of hydrogen-bond acceptors (Lipinski definition) is 4. The number of nitrogens with zero attached hydrogens (tertiary/aromatic N) is 2. The molecule has 0 aliphatic carbocycles. The van der Waals surface area contributed by atoms with Gasteiger partial charge in [0.2, 0.25) is 0 Å². The van der Waals surface area contributed by atoms with E-state index in [1.807, 2.05) is 48.5 Å². The van der Waals surface area contributed by atoms with E-state index < -0.39 is 0 Å². The summed E-state index contributed by atoms with van der Waals surface area (Å²) in [5.74, 6) is 0.865. The first-order chi connectivity index (χ1) is 14.0. The number of rotatable bonds is 5. The van der Waals surface area contributed by atoms with Crippen molar-refractivity contribution in [3.8, 4) is 5.75 Å². The number of methoxy groups -OCH3 is 1. The van der Waals surface area contributed by atoms with Gasteiger partial charge in [0.1, 0.15) is 11.8 Å². The number of carbonyl (C=O) groups excluding carboxylic acids is 1. The predicted molar refractivity (Wildman–Crippen MR) is 119 cm³/mol. The molecule has 1 atom stereocenters. The van der Waals surface area contributed by atoms with Gasteiger partial charge in [-0.05, 0) is 72.8 Å². The first-order valence-corrected chi connectivity index (χ1v) is 10.0. The number of hydrogen-bond donors (Lipinski definition) is 0. The molecule has 0 aromatic heterocycles. The van der Waals surface area contributed by atoms with Gasteiger partial charge >= 0.3 is 0 Å². The van der Waals surface area contributed by atoms with Crippen molar-refractivity contribution in [1.29, 1.82) is 0 Å². The Kier molecular flexibility index (Phi) is 5.65. The Bertz CT molecular complexity index is 989. The molecular formula is C23H20Cl2N2O2. The molecule has 0 bridgehead atoms. The molecule has 1 saturated heterocycles. The molecule has 0 saturated carbocycles. The van der Waals surface area contributed by atoms with Crippen LogP contribution in [0.3, 0.4) is 0 Å². The second-order valence-electron chi connectivity index (χ2n) is 6.90. The van der Waals surface area contributed by atoms with Crippen LogP contribution in [0.15, 0.2) is 72.8 Å². The molecule has 1 aliphatic rings. The van der Waals surface area contributed by atoms with Crippen molar-refractivity contribution in [3.63, 3.8) is 0 Å². The minimum absolute atomic E-state index is 0.0626. The second-order valence-corrected chi connectivity index (χ2v) is 7.77. The summed E-state index contributed by atoms with van der Waals surface area (Å²) in [6.45, 7) is 1.17. The largest absolute Gasteiger partial charge is 0.497 e. The van der Waals surface area contributed by atoms with Gasteiger partial charge in [0.15, 0.2) is 5.78 Å². The van der Waals surface area contributed by atoms with Gasteiger partial charge in [-0.25, -0.2) is 0 Å². The summed E-state index contributed by atoms with van der Waals surface area (Å²) >= 11 is 12.1. The summed E-state index contributed by atoms with van der Waals surface area (Å²) in [7, 11) is 1.65. The fourth-order valence-electron chi connectivity index (χ4n) is 3.55. The van der Waals surface area contributed by atoms with E-state index in [2.05, 4.69) is 9.80 Å². The van der Waals surface area contributed by atoms with Crippen LogP contribution in [0.2, 0.25) is 10.0 Å². The van der Waals surface area contributed by atoms with Crippen molar-refractivity contribution in [2.75, 3.05) is 30.1 Å². The highest BCUT2D eigenvalue weighted by Gasteiger charge is 2.36. The lowest BCUT2D eigenvalue weighted by Gasteiger charge is -2.25. The molecule has 1 aliphatic heterocycles. The number of Topliss-reactive ketones (excluding diaryl/α,β-unsaturated/α-hetero) is 1. The van der Waals surface area contributed by atoms with Crippen LogP contribution in [-0.2, 0) is 0 Å². The quantitative estimate of drug-likeness (QED) is 0.501. The lowest BCUT2D eigenvalue weighted by Crippen LogP contribution is -2.37. The van der Waals surface area contributed by atoms with E-state index in [1.54, 1.807) is 31.4 Å².